The Balaban J connectivity index is 1.77. The minimum atomic E-state index is 0.237. The predicted octanol–water partition coefficient (Wildman–Crippen LogP) is 3.95. The summed E-state index contributed by atoms with van der Waals surface area (Å²) in [7, 11) is 3.27. The Hall–Kier alpha value is -3.06. The van der Waals surface area contributed by atoms with E-state index in [2.05, 4.69) is 15.4 Å². The monoisotopic (exact) mass is 397 g/mol. The number of methoxy groups -OCH3 is 2. The second-order valence-corrected chi connectivity index (χ2v) is 6.60. The van der Waals surface area contributed by atoms with Crippen molar-refractivity contribution in [3.8, 4) is 11.5 Å². The standard InChI is InChI=1S/C20H20ClN5O2/c1-12-5-4-6-15-18(12)24-20(26-19(15)23-17(10-21)25-26)22-11-13-7-8-14(27-2)9-16(13)28-3/h4-9H,10-11H2,1-3H3,(H,22,24). The summed E-state index contributed by atoms with van der Waals surface area (Å²) in [6.07, 6.45) is 0. The molecule has 0 fully saturated rings. The third-order valence-electron chi connectivity index (χ3n) is 4.60. The zero-order valence-electron chi connectivity index (χ0n) is 15.9. The fourth-order valence-electron chi connectivity index (χ4n) is 3.16. The maximum atomic E-state index is 5.97. The Morgan fingerprint density at radius 1 is 1.11 bits per heavy atom. The van der Waals surface area contributed by atoms with Gasteiger partial charge in [-0.1, -0.05) is 12.1 Å². The number of nitrogens with zero attached hydrogens (tertiary/aromatic N) is 4. The van der Waals surface area contributed by atoms with E-state index in [1.807, 2.05) is 43.3 Å². The molecule has 0 unspecified atom stereocenters. The number of rotatable bonds is 6. The van der Waals surface area contributed by atoms with Crippen molar-refractivity contribution in [1.82, 2.24) is 19.6 Å². The number of anilines is 1. The van der Waals surface area contributed by atoms with E-state index in [0.717, 1.165) is 39.2 Å². The van der Waals surface area contributed by atoms with Gasteiger partial charge in [-0.2, -0.15) is 4.52 Å². The maximum absolute atomic E-state index is 5.97. The van der Waals surface area contributed by atoms with Crippen molar-refractivity contribution in [3.05, 3.63) is 53.3 Å². The van der Waals surface area contributed by atoms with Crippen LogP contribution in [-0.4, -0.2) is 33.8 Å². The lowest BCUT2D eigenvalue weighted by Crippen LogP contribution is -2.09. The highest BCUT2D eigenvalue weighted by atomic mass is 35.5. The highest BCUT2D eigenvalue weighted by molar-refractivity contribution is 6.16. The van der Waals surface area contributed by atoms with Crippen molar-refractivity contribution in [2.24, 2.45) is 0 Å². The summed E-state index contributed by atoms with van der Waals surface area (Å²) in [5.74, 6) is 2.87. The average molecular weight is 398 g/mol. The van der Waals surface area contributed by atoms with Crippen LogP contribution in [0.4, 0.5) is 5.95 Å². The van der Waals surface area contributed by atoms with Crippen molar-refractivity contribution < 1.29 is 9.47 Å². The van der Waals surface area contributed by atoms with Crippen LogP contribution in [0, 0.1) is 6.92 Å². The second-order valence-electron chi connectivity index (χ2n) is 6.33. The Morgan fingerprint density at radius 3 is 2.71 bits per heavy atom. The van der Waals surface area contributed by atoms with Crippen LogP contribution < -0.4 is 14.8 Å². The van der Waals surface area contributed by atoms with E-state index in [0.29, 0.717) is 18.3 Å². The molecule has 28 heavy (non-hydrogen) atoms. The molecule has 0 saturated carbocycles. The Bertz CT molecular complexity index is 1160. The normalized spacial score (nSPS) is 11.1. The lowest BCUT2D eigenvalue weighted by Gasteiger charge is -2.13. The molecule has 0 saturated heterocycles. The Morgan fingerprint density at radius 2 is 1.96 bits per heavy atom. The number of hydrogen-bond donors (Lipinski definition) is 1. The first-order valence-corrected chi connectivity index (χ1v) is 9.33. The Kier molecular flexibility index (Phi) is 4.92. The topological polar surface area (TPSA) is 73.6 Å². The van der Waals surface area contributed by atoms with E-state index in [9.17, 15) is 0 Å². The van der Waals surface area contributed by atoms with Crippen molar-refractivity contribution in [2.45, 2.75) is 19.3 Å². The minimum Gasteiger partial charge on any atom is -0.497 e. The SMILES string of the molecule is COc1ccc(CNc2nc3c(C)cccc3c3nc(CCl)nn23)c(OC)c1. The highest BCUT2D eigenvalue weighted by Gasteiger charge is 2.15. The zero-order valence-corrected chi connectivity index (χ0v) is 16.6. The summed E-state index contributed by atoms with van der Waals surface area (Å²) in [6, 6.07) is 11.7. The van der Waals surface area contributed by atoms with Crippen molar-refractivity contribution in [3.63, 3.8) is 0 Å². The first-order chi connectivity index (χ1) is 13.6. The second kappa shape index (κ2) is 7.52. The molecule has 0 bridgehead atoms. The third-order valence-corrected chi connectivity index (χ3v) is 4.84. The van der Waals surface area contributed by atoms with Crippen LogP contribution in [0.3, 0.4) is 0 Å². The van der Waals surface area contributed by atoms with E-state index < -0.39 is 0 Å². The molecule has 8 heteroatoms. The number of hydrogen-bond acceptors (Lipinski definition) is 6. The van der Waals surface area contributed by atoms with Gasteiger partial charge in [0.25, 0.3) is 0 Å². The molecule has 144 valence electrons. The maximum Gasteiger partial charge on any atom is 0.226 e. The molecular formula is C20H20ClN5O2. The number of halogens is 1. The van der Waals surface area contributed by atoms with Gasteiger partial charge in [-0.05, 0) is 30.7 Å². The van der Waals surface area contributed by atoms with Crippen LogP contribution in [0.5, 0.6) is 11.5 Å². The van der Waals surface area contributed by atoms with Gasteiger partial charge in [-0.15, -0.1) is 16.7 Å². The molecule has 0 amide bonds. The fourth-order valence-corrected chi connectivity index (χ4v) is 3.27. The summed E-state index contributed by atoms with van der Waals surface area (Å²) in [5, 5.41) is 8.79. The van der Waals surface area contributed by atoms with Gasteiger partial charge in [0, 0.05) is 23.6 Å². The first-order valence-electron chi connectivity index (χ1n) is 8.80. The number of aryl methyl sites for hydroxylation is 1. The number of aromatic nitrogens is 4. The molecule has 0 aliphatic heterocycles. The van der Waals surface area contributed by atoms with Gasteiger partial charge < -0.3 is 14.8 Å². The quantitative estimate of drug-likeness (QED) is 0.496. The van der Waals surface area contributed by atoms with Crippen LogP contribution in [0.2, 0.25) is 0 Å². The molecule has 7 nitrogen and oxygen atoms in total. The first kappa shape index (κ1) is 18.3. The molecule has 0 atom stereocenters. The number of alkyl halides is 1. The van der Waals surface area contributed by atoms with E-state index in [-0.39, 0.29) is 5.88 Å². The molecular weight excluding hydrogens is 378 g/mol. The number of fused-ring (bicyclic) bond motifs is 3. The van der Waals surface area contributed by atoms with Crippen molar-refractivity contribution in [1.29, 1.82) is 0 Å². The van der Waals surface area contributed by atoms with E-state index in [1.54, 1.807) is 18.7 Å². The molecule has 2 heterocycles. The van der Waals surface area contributed by atoms with Crippen LogP contribution in [0.1, 0.15) is 17.0 Å². The summed E-state index contributed by atoms with van der Waals surface area (Å²) in [4.78, 5) is 9.37. The van der Waals surface area contributed by atoms with Gasteiger partial charge in [0.05, 0.1) is 25.6 Å². The average Bonchev–Trinajstić information content (AvgIpc) is 3.17. The largest absolute Gasteiger partial charge is 0.497 e. The van der Waals surface area contributed by atoms with E-state index in [1.165, 1.54) is 0 Å². The van der Waals surface area contributed by atoms with Crippen LogP contribution >= 0.6 is 11.6 Å². The fraction of sp³-hybridized carbons (Fsp3) is 0.250. The minimum absolute atomic E-state index is 0.237. The summed E-state index contributed by atoms with van der Waals surface area (Å²) in [6.45, 7) is 2.53. The van der Waals surface area contributed by atoms with Gasteiger partial charge in [0.15, 0.2) is 11.5 Å². The van der Waals surface area contributed by atoms with Gasteiger partial charge in [-0.3, -0.25) is 0 Å². The third kappa shape index (κ3) is 3.18. The zero-order chi connectivity index (χ0) is 19.7. The number of benzene rings is 2. The molecule has 0 radical (unpaired) electrons. The summed E-state index contributed by atoms with van der Waals surface area (Å²) in [5.41, 5.74) is 3.66. The van der Waals surface area contributed by atoms with Gasteiger partial charge >= 0.3 is 0 Å². The van der Waals surface area contributed by atoms with Crippen molar-refractivity contribution in [2.75, 3.05) is 19.5 Å². The van der Waals surface area contributed by atoms with Gasteiger partial charge in [0.1, 0.15) is 11.5 Å². The highest BCUT2D eigenvalue weighted by Crippen LogP contribution is 2.27. The molecule has 1 N–H and O–H groups in total. The molecule has 2 aromatic carbocycles. The van der Waals surface area contributed by atoms with E-state index in [4.69, 9.17) is 26.1 Å². The Labute approximate surface area is 167 Å². The predicted molar refractivity (Wildman–Crippen MR) is 109 cm³/mol. The lowest BCUT2D eigenvalue weighted by molar-refractivity contribution is 0.391. The molecule has 0 aliphatic rings. The van der Waals surface area contributed by atoms with Gasteiger partial charge in [-0.25, -0.2) is 9.97 Å². The van der Waals surface area contributed by atoms with Gasteiger partial charge in [0.2, 0.25) is 5.95 Å². The molecule has 4 aromatic rings. The number of para-hydroxylation sites is 1. The summed E-state index contributed by atoms with van der Waals surface area (Å²) < 4.78 is 12.4. The van der Waals surface area contributed by atoms with Crippen molar-refractivity contribution >= 4 is 34.1 Å². The summed E-state index contributed by atoms with van der Waals surface area (Å²) >= 11 is 5.97. The molecule has 2 aromatic heterocycles. The lowest BCUT2D eigenvalue weighted by atomic mass is 10.1. The molecule has 0 spiro atoms. The molecule has 4 rings (SSSR count). The van der Waals surface area contributed by atoms with Crippen LogP contribution in [0.25, 0.3) is 16.6 Å². The van der Waals surface area contributed by atoms with Crippen LogP contribution in [0.15, 0.2) is 36.4 Å². The molecule has 0 aliphatic carbocycles. The smallest absolute Gasteiger partial charge is 0.226 e. The van der Waals surface area contributed by atoms with E-state index >= 15 is 0 Å². The van der Waals surface area contributed by atoms with Crippen LogP contribution in [-0.2, 0) is 12.4 Å². The number of ether oxygens (including phenoxy) is 2. The number of nitrogens with one attached hydrogen (secondary N) is 1.